The van der Waals surface area contributed by atoms with E-state index in [-0.39, 0.29) is 6.04 Å². The lowest BCUT2D eigenvalue weighted by molar-refractivity contribution is 0.471. The topological polar surface area (TPSA) is 32.3 Å². The van der Waals surface area contributed by atoms with Gasteiger partial charge in [-0.25, -0.2) is 0 Å². The Labute approximate surface area is 128 Å². The van der Waals surface area contributed by atoms with E-state index >= 15 is 0 Å². The minimum Gasteiger partial charge on any atom is -0.508 e. The van der Waals surface area contributed by atoms with Crippen LogP contribution in [0.3, 0.4) is 0 Å². The summed E-state index contributed by atoms with van der Waals surface area (Å²) in [6.45, 7) is 2.10. The first-order valence-corrected chi connectivity index (χ1v) is 7.77. The lowest BCUT2D eigenvalue weighted by atomic mass is 9.87. The van der Waals surface area contributed by atoms with E-state index in [1.54, 1.807) is 6.07 Å². The monoisotopic (exact) mass is 331 g/mol. The van der Waals surface area contributed by atoms with Gasteiger partial charge in [0.1, 0.15) is 5.75 Å². The number of halogens is 1. The van der Waals surface area contributed by atoms with E-state index in [1.807, 2.05) is 12.1 Å². The molecular weight excluding hydrogens is 314 g/mol. The smallest absolute Gasteiger partial charge is 0.115 e. The van der Waals surface area contributed by atoms with E-state index in [4.69, 9.17) is 0 Å². The number of fused-ring (bicyclic) bond motifs is 1. The van der Waals surface area contributed by atoms with Gasteiger partial charge in [0.15, 0.2) is 0 Å². The molecule has 1 unspecified atom stereocenters. The molecule has 0 amide bonds. The molecule has 2 N–H and O–H groups in total. The van der Waals surface area contributed by atoms with Crippen LogP contribution < -0.4 is 5.32 Å². The van der Waals surface area contributed by atoms with E-state index in [0.29, 0.717) is 5.75 Å². The molecule has 1 atom stereocenters. The van der Waals surface area contributed by atoms with Crippen molar-refractivity contribution in [2.24, 2.45) is 0 Å². The average Bonchev–Trinajstić information content (AvgIpc) is 2.43. The van der Waals surface area contributed by atoms with Gasteiger partial charge in [0.25, 0.3) is 0 Å². The first-order valence-electron chi connectivity index (χ1n) is 6.98. The third kappa shape index (κ3) is 2.68. The molecule has 2 nitrogen and oxygen atoms in total. The molecule has 2 aromatic carbocycles. The molecule has 1 aliphatic carbocycles. The first-order chi connectivity index (χ1) is 9.63. The van der Waals surface area contributed by atoms with Crippen molar-refractivity contribution in [2.45, 2.75) is 32.2 Å². The average molecular weight is 332 g/mol. The molecule has 0 spiro atoms. The molecule has 3 rings (SSSR count). The molecule has 0 aromatic heterocycles. The number of rotatable bonds is 2. The van der Waals surface area contributed by atoms with Crippen molar-refractivity contribution >= 4 is 21.6 Å². The number of hydrogen-bond donors (Lipinski definition) is 2. The Morgan fingerprint density at radius 3 is 2.90 bits per heavy atom. The Bertz CT molecular complexity index is 639. The van der Waals surface area contributed by atoms with E-state index in [2.05, 4.69) is 46.4 Å². The summed E-state index contributed by atoms with van der Waals surface area (Å²) in [5.41, 5.74) is 4.92. The van der Waals surface area contributed by atoms with Gasteiger partial charge >= 0.3 is 0 Å². The standard InChI is InChI=1S/C17H18BrNO/c1-11-5-8-15(18)17(9-11)19-16-4-2-3-12-6-7-13(20)10-14(12)16/h5-10,16,19-20H,2-4H2,1H3. The summed E-state index contributed by atoms with van der Waals surface area (Å²) >= 11 is 3.60. The summed E-state index contributed by atoms with van der Waals surface area (Å²) in [5.74, 6) is 0.348. The van der Waals surface area contributed by atoms with Crippen molar-refractivity contribution in [3.8, 4) is 5.75 Å². The molecular formula is C17H18BrNO. The van der Waals surface area contributed by atoms with Crippen LogP contribution in [0.25, 0.3) is 0 Å². The highest BCUT2D eigenvalue weighted by Gasteiger charge is 2.21. The van der Waals surface area contributed by atoms with Crippen LogP contribution in [-0.4, -0.2) is 5.11 Å². The lowest BCUT2D eigenvalue weighted by Crippen LogP contribution is -2.17. The largest absolute Gasteiger partial charge is 0.508 e. The van der Waals surface area contributed by atoms with Gasteiger partial charge in [-0.3, -0.25) is 0 Å². The van der Waals surface area contributed by atoms with E-state index in [1.165, 1.54) is 23.1 Å². The van der Waals surface area contributed by atoms with E-state index in [9.17, 15) is 5.11 Å². The number of aromatic hydroxyl groups is 1. The van der Waals surface area contributed by atoms with Gasteiger partial charge in [0.05, 0.1) is 6.04 Å². The number of aryl methyl sites for hydroxylation is 2. The molecule has 0 radical (unpaired) electrons. The van der Waals surface area contributed by atoms with Gasteiger partial charge in [-0.05, 0) is 83.1 Å². The SMILES string of the molecule is Cc1ccc(Br)c(NC2CCCc3ccc(O)cc32)c1. The fourth-order valence-corrected chi connectivity index (χ4v) is 3.23. The first kappa shape index (κ1) is 13.5. The molecule has 0 saturated carbocycles. The normalized spacial score (nSPS) is 17.6. The van der Waals surface area contributed by atoms with Crippen LogP contribution >= 0.6 is 15.9 Å². The number of nitrogens with one attached hydrogen (secondary N) is 1. The zero-order valence-corrected chi connectivity index (χ0v) is 13.1. The summed E-state index contributed by atoms with van der Waals surface area (Å²) in [4.78, 5) is 0. The van der Waals surface area contributed by atoms with Gasteiger partial charge < -0.3 is 10.4 Å². The Morgan fingerprint density at radius 1 is 1.20 bits per heavy atom. The third-order valence-electron chi connectivity index (χ3n) is 3.90. The zero-order chi connectivity index (χ0) is 14.1. The molecule has 0 bridgehead atoms. The number of phenolic OH excluding ortho intramolecular Hbond substituents is 1. The van der Waals surface area contributed by atoms with Crippen molar-refractivity contribution in [1.29, 1.82) is 0 Å². The van der Waals surface area contributed by atoms with Gasteiger partial charge in [-0.1, -0.05) is 12.1 Å². The van der Waals surface area contributed by atoms with E-state index in [0.717, 1.165) is 23.0 Å². The van der Waals surface area contributed by atoms with Gasteiger partial charge in [0, 0.05) is 10.2 Å². The second-order valence-electron chi connectivity index (χ2n) is 5.46. The van der Waals surface area contributed by atoms with Crippen molar-refractivity contribution in [1.82, 2.24) is 0 Å². The molecule has 0 heterocycles. The maximum Gasteiger partial charge on any atom is 0.115 e. The minimum absolute atomic E-state index is 0.268. The number of benzene rings is 2. The summed E-state index contributed by atoms with van der Waals surface area (Å²) in [6, 6.07) is 12.3. The van der Waals surface area contributed by atoms with Gasteiger partial charge in [-0.2, -0.15) is 0 Å². The van der Waals surface area contributed by atoms with Crippen LogP contribution in [0.15, 0.2) is 40.9 Å². The fraction of sp³-hybridized carbons (Fsp3) is 0.294. The second-order valence-corrected chi connectivity index (χ2v) is 6.31. The van der Waals surface area contributed by atoms with Crippen LogP contribution in [0, 0.1) is 6.92 Å². The summed E-state index contributed by atoms with van der Waals surface area (Å²) < 4.78 is 1.08. The maximum atomic E-state index is 9.73. The summed E-state index contributed by atoms with van der Waals surface area (Å²) in [7, 11) is 0. The number of hydrogen-bond acceptors (Lipinski definition) is 2. The summed E-state index contributed by atoms with van der Waals surface area (Å²) in [5, 5.41) is 13.3. The zero-order valence-electron chi connectivity index (χ0n) is 11.5. The maximum absolute atomic E-state index is 9.73. The van der Waals surface area contributed by atoms with Crippen molar-refractivity contribution < 1.29 is 5.11 Å². The molecule has 0 saturated heterocycles. The number of anilines is 1. The van der Waals surface area contributed by atoms with Crippen LogP contribution in [0.4, 0.5) is 5.69 Å². The van der Waals surface area contributed by atoms with Crippen LogP contribution in [-0.2, 0) is 6.42 Å². The molecule has 2 aromatic rings. The third-order valence-corrected chi connectivity index (χ3v) is 4.59. The van der Waals surface area contributed by atoms with Crippen molar-refractivity contribution in [3.05, 3.63) is 57.6 Å². The molecule has 20 heavy (non-hydrogen) atoms. The second kappa shape index (κ2) is 5.49. The summed E-state index contributed by atoms with van der Waals surface area (Å²) in [6.07, 6.45) is 3.37. The molecule has 1 aliphatic rings. The van der Waals surface area contributed by atoms with Gasteiger partial charge in [-0.15, -0.1) is 0 Å². The molecule has 0 fully saturated rings. The fourth-order valence-electron chi connectivity index (χ4n) is 2.87. The van der Waals surface area contributed by atoms with Crippen LogP contribution in [0.1, 0.15) is 35.6 Å². The molecule has 104 valence electrons. The highest BCUT2D eigenvalue weighted by atomic mass is 79.9. The predicted octanol–water partition coefficient (Wildman–Crippen LogP) is 4.95. The Kier molecular flexibility index (Phi) is 3.70. The molecule has 3 heteroatoms. The lowest BCUT2D eigenvalue weighted by Gasteiger charge is -2.28. The van der Waals surface area contributed by atoms with Crippen LogP contribution in [0.2, 0.25) is 0 Å². The Balaban J connectivity index is 1.93. The number of phenols is 1. The molecule has 0 aliphatic heterocycles. The highest BCUT2D eigenvalue weighted by Crippen LogP contribution is 2.36. The minimum atomic E-state index is 0.268. The predicted molar refractivity (Wildman–Crippen MR) is 86.3 cm³/mol. The van der Waals surface area contributed by atoms with Crippen molar-refractivity contribution in [2.75, 3.05) is 5.32 Å². The quantitative estimate of drug-likeness (QED) is 0.815. The van der Waals surface area contributed by atoms with Gasteiger partial charge in [0.2, 0.25) is 0 Å². The Morgan fingerprint density at radius 2 is 2.05 bits per heavy atom. The highest BCUT2D eigenvalue weighted by molar-refractivity contribution is 9.10. The van der Waals surface area contributed by atoms with Crippen LogP contribution in [0.5, 0.6) is 5.75 Å². The van der Waals surface area contributed by atoms with Crippen molar-refractivity contribution in [3.63, 3.8) is 0 Å². The Hall–Kier alpha value is -1.48. The van der Waals surface area contributed by atoms with E-state index < -0.39 is 0 Å².